The van der Waals surface area contributed by atoms with Crippen LogP contribution in [0.4, 0.5) is 17.1 Å². The molecule has 0 amide bonds. The van der Waals surface area contributed by atoms with Crippen molar-refractivity contribution in [2.24, 2.45) is 0 Å². The minimum absolute atomic E-state index is 0.802. The first-order valence-corrected chi connectivity index (χ1v) is 8.74. The van der Waals surface area contributed by atoms with Gasteiger partial charge < -0.3 is 19.9 Å². The van der Waals surface area contributed by atoms with Gasteiger partial charge in [-0.3, -0.25) is 0 Å². The molecule has 128 valence electrons. The molecule has 0 saturated carbocycles. The molecule has 0 unspecified atom stereocenters. The number of hydrogen-bond donors (Lipinski definition) is 1. The zero-order valence-corrected chi connectivity index (χ0v) is 14.4. The van der Waals surface area contributed by atoms with Gasteiger partial charge in [-0.1, -0.05) is 18.2 Å². The Morgan fingerprint density at radius 3 is 2.00 bits per heavy atom. The van der Waals surface area contributed by atoms with E-state index in [4.69, 9.17) is 4.74 Å². The van der Waals surface area contributed by atoms with Gasteiger partial charge in [0.15, 0.2) is 0 Å². The fourth-order valence-electron chi connectivity index (χ4n) is 3.10. The summed E-state index contributed by atoms with van der Waals surface area (Å²) in [7, 11) is 1.74. The molecule has 0 atom stereocenters. The molecule has 2 aromatic rings. The van der Waals surface area contributed by atoms with Crippen molar-refractivity contribution in [1.29, 1.82) is 0 Å². The Morgan fingerprint density at radius 1 is 0.833 bits per heavy atom. The van der Waals surface area contributed by atoms with Gasteiger partial charge in [-0.15, -0.1) is 0 Å². The maximum atomic E-state index is 5.07. The lowest BCUT2D eigenvalue weighted by Gasteiger charge is -2.37. The summed E-state index contributed by atoms with van der Waals surface area (Å²) in [6, 6.07) is 19.5. The molecule has 3 rings (SSSR count). The lowest BCUT2D eigenvalue weighted by Crippen LogP contribution is -2.46. The second-order valence-corrected chi connectivity index (χ2v) is 6.13. The zero-order chi connectivity index (χ0) is 16.6. The smallest absolute Gasteiger partial charge is 0.0479 e. The van der Waals surface area contributed by atoms with Crippen molar-refractivity contribution in [3.63, 3.8) is 0 Å². The van der Waals surface area contributed by atoms with Gasteiger partial charge in [-0.25, -0.2) is 0 Å². The lowest BCUT2D eigenvalue weighted by atomic mass is 10.2. The minimum atomic E-state index is 0.802. The van der Waals surface area contributed by atoms with E-state index >= 15 is 0 Å². The van der Waals surface area contributed by atoms with E-state index in [-0.39, 0.29) is 0 Å². The summed E-state index contributed by atoms with van der Waals surface area (Å²) in [6.07, 6.45) is 1.03. The van der Waals surface area contributed by atoms with Crippen LogP contribution in [0.25, 0.3) is 0 Å². The molecule has 4 nitrogen and oxygen atoms in total. The van der Waals surface area contributed by atoms with E-state index in [0.717, 1.165) is 45.8 Å². The highest BCUT2D eigenvalue weighted by Gasteiger charge is 2.17. The van der Waals surface area contributed by atoms with Crippen molar-refractivity contribution in [2.45, 2.75) is 6.42 Å². The van der Waals surface area contributed by atoms with Crippen LogP contribution < -0.4 is 15.1 Å². The van der Waals surface area contributed by atoms with Crippen molar-refractivity contribution in [2.75, 3.05) is 61.6 Å². The second kappa shape index (κ2) is 8.60. The maximum Gasteiger partial charge on any atom is 0.0479 e. The van der Waals surface area contributed by atoms with Crippen LogP contribution in [-0.2, 0) is 4.74 Å². The molecule has 0 radical (unpaired) electrons. The predicted molar refractivity (Wildman–Crippen MR) is 102 cm³/mol. The third kappa shape index (κ3) is 4.42. The summed E-state index contributed by atoms with van der Waals surface area (Å²) in [5, 5.41) is 3.43. The molecule has 0 aromatic heterocycles. The molecule has 1 heterocycles. The van der Waals surface area contributed by atoms with Crippen LogP contribution in [0, 0.1) is 0 Å². The Balaban J connectivity index is 1.49. The third-order valence-electron chi connectivity index (χ3n) is 4.49. The molecule has 1 fully saturated rings. The standard InChI is InChI=1S/C20H27N3O/c1-24-17-5-12-21-18-8-10-20(11-9-18)23-15-13-22(14-16-23)19-6-3-2-4-7-19/h2-4,6-11,21H,5,12-17H2,1H3. The quantitative estimate of drug-likeness (QED) is 0.789. The van der Waals surface area contributed by atoms with Gasteiger partial charge in [0, 0.05) is 63.5 Å². The largest absolute Gasteiger partial charge is 0.385 e. The number of para-hydroxylation sites is 1. The minimum Gasteiger partial charge on any atom is -0.385 e. The molecular weight excluding hydrogens is 298 g/mol. The first-order chi connectivity index (χ1) is 11.9. The molecule has 0 aliphatic carbocycles. The molecule has 4 heteroatoms. The highest BCUT2D eigenvalue weighted by atomic mass is 16.5. The Morgan fingerprint density at radius 2 is 1.42 bits per heavy atom. The number of nitrogens with zero attached hydrogens (tertiary/aromatic N) is 2. The average molecular weight is 325 g/mol. The fraction of sp³-hybridized carbons (Fsp3) is 0.400. The van der Waals surface area contributed by atoms with E-state index < -0.39 is 0 Å². The third-order valence-corrected chi connectivity index (χ3v) is 4.49. The van der Waals surface area contributed by atoms with Crippen molar-refractivity contribution in [1.82, 2.24) is 0 Å². The van der Waals surface area contributed by atoms with Crippen molar-refractivity contribution in [3.8, 4) is 0 Å². The normalized spacial score (nSPS) is 14.7. The van der Waals surface area contributed by atoms with E-state index in [1.165, 1.54) is 17.1 Å². The van der Waals surface area contributed by atoms with Crippen LogP contribution >= 0.6 is 0 Å². The van der Waals surface area contributed by atoms with Gasteiger partial charge in [-0.05, 0) is 42.8 Å². The number of hydrogen-bond acceptors (Lipinski definition) is 4. The molecule has 1 aliphatic rings. The molecule has 24 heavy (non-hydrogen) atoms. The number of anilines is 3. The molecular formula is C20H27N3O. The number of benzene rings is 2. The van der Waals surface area contributed by atoms with Crippen molar-refractivity contribution < 1.29 is 4.74 Å². The Kier molecular flexibility index (Phi) is 5.96. The van der Waals surface area contributed by atoms with Gasteiger partial charge in [0.05, 0.1) is 0 Å². The first kappa shape index (κ1) is 16.7. The highest BCUT2D eigenvalue weighted by Crippen LogP contribution is 2.22. The highest BCUT2D eigenvalue weighted by molar-refractivity contribution is 5.56. The Hall–Kier alpha value is -2.20. The van der Waals surface area contributed by atoms with Crippen LogP contribution in [0.3, 0.4) is 0 Å². The number of ether oxygens (including phenoxy) is 1. The molecule has 1 N–H and O–H groups in total. The van der Waals surface area contributed by atoms with Crippen LogP contribution in [0.2, 0.25) is 0 Å². The molecule has 0 bridgehead atoms. The predicted octanol–water partition coefficient (Wildman–Crippen LogP) is 3.46. The summed E-state index contributed by atoms with van der Waals surface area (Å²) in [5.74, 6) is 0. The van der Waals surface area contributed by atoms with Crippen LogP contribution in [0.1, 0.15) is 6.42 Å². The number of rotatable bonds is 7. The fourth-order valence-corrected chi connectivity index (χ4v) is 3.10. The first-order valence-electron chi connectivity index (χ1n) is 8.74. The zero-order valence-electron chi connectivity index (χ0n) is 14.4. The van der Waals surface area contributed by atoms with Gasteiger partial charge in [0.1, 0.15) is 0 Å². The monoisotopic (exact) mass is 325 g/mol. The van der Waals surface area contributed by atoms with Crippen molar-refractivity contribution in [3.05, 3.63) is 54.6 Å². The van der Waals surface area contributed by atoms with Gasteiger partial charge in [0.25, 0.3) is 0 Å². The van der Waals surface area contributed by atoms with E-state index in [1.807, 2.05) is 0 Å². The SMILES string of the molecule is COCCCNc1ccc(N2CCN(c3ccccc3)CC2)cc1. The van der Waals surface area contributed by atoms with Gasteiger partial charge in [0.2, 0.25) is 0 Å². The Labute approximate surface area is 145 Å². The Bertz CT molecular complexity index is 592. The van der Waals surface area contributed by atoms with E-state index in [1.54, 1.807) is 7.11 Å². The lowest BCUT2D eigenvalue weighted by molar-refractivity contribution is 0.198. The number of piperazine rings is 1. The maximum absolute atomic E-state index is 5.07. The molecule has 1 aliphatic heterocycles. The average Bonchev–Trinajstić information content (AvgIpc) is 2.67. The number of nitrogens with one attached hydrogen (secondary N) is 1. The molecule has 1 saturated heterocycles. The summed E-state index contributed by atoms with van der Waals surface area (Å²) < 4.78 is 5.07. The van der Waals surface area contributed by atoms with Crippen LogP contribution in [0.5, 0.6) is 0 Å². The van der Waals surface area contributed by atoms with E-state index in [9.17, 15) is 0 Å². The van der Waals surface area contributed by atoms with E-state index in [0.29, 0.717) is 0 Å². The second-order valence-electron chi connectivity index (χ2n) is 6.13. The summed E-state index contributed by atoms with van der Waals surface area (Å²) in [6.45, 7) is 6.02. The van der Waals surface area contributed by atoms with Gasteiger partial charge in [-0.2, -0.15) is 0 Å². The molecule has 0 spiro atoms. The van der Waals surface area contributed by atoms with Gasteiger partial charge >= 0.3 is 0 Å². The topological polar surface area (TPSA) is 27.7 Å². The summed E-state index contributed by atoms with van der Waals surface area (Å²) in [5.41, 5.74) is 3.82. The summed E-state index contributed by atoms with van der Waals surface area (Å²) >= 11 is 0. The summed E-state index contributed by atoms with van der Waals surface area (Å²) in [4.78, 5) is 4.93. The van der Waals surface area contributed by atoms with Crippen molar-refractivity contribution >= 4 is 17.1 Å². The van der Waals surface area contributed by atoms with Crippen LogP contribution in [-0.4, -0.2) is 46.4 Å². The van der Waals surface area contributed by atoms with E-state index in [2.05, 4.69) is 69.7 Å². The molecule has 2 aromatic carbocycles. The van der Waals surface area contributed by atoms with Crippen LogP contribution in [0.15, 0.2) is 54.6 Å². The number of methoxy groups -OCH3 is 1.